The van der Waals surface area contributed by atoms with Crippen LogP contribution in [0.5, 0.6) is 0 Å². The van der Waals surface area contributed by atoms with Gasteiger partial charge in [-0.3, -0.25) is 4.79 Å². The van der Waals surface area contributed by atoms with Gasteiger partial charge in [-0.25, -0.2) is 4.79 Å². The van der Waals surface area contributed by atoms with E-state index in [1.807, 2.05) is 13.8 Å². The highest BCUT2D eigenvalue weighted by Crippen LogP contribution is 2.45. The van der Waals surface area contributed by atoms with Gasteiger partial charge in [-0.15, -0.1) is 0 Å². The first kappa shape index (κ1) is 21.9. The lowest BCUT2D eigenvalue weighted by atomic mass is 9.80. The van der Waals surface area contributed by atoms with Crippen LogP contribution in [0, 0.1) is 6.92 Å². The average molecular weight is 442 g/mol. The van der Waals surface area contributed by atoms with Crippen LogP contribution in [0.25, 0.3) is 5.57 Å². The van der Waals surface area contributed by atoms with Gasteiger partial charge in [-0.05, 0) is 44.4 Å². The monoisotopic (exact) mass is 441 g/mol. The predicted molar refractivity (Wildman–Crippen MR) is 111 cm³/mol. The van der Waals surface area contributed by atoms with E-state index < -0.39 is 11.7 Å². The van der Waals surface area contributed by atoms with Gasteiger partial charge in [0.05, 0.1) is 22.7 Å². The van der Waals surface area contributed by atoms with Crippen molar-refractivity contribution in [2.24, 2.45) is 0 Å². The molecule has 0 atom stereocenters. The summed E-state index contributed by atoms with van der Waals surface area (Å²) >= 11 is 12.6. The standard InChI is InChI=1S/C21H25Cl2NO5/c1-3-27-9-10-28-20(26)29-18-17(14-11-13(2)15(22)12-16(14)23)19(25)24-21(18)7-5-4-6-8-21/h11-12H,3-10H2,1-2H3,(H,24,25). The van der Waals surface area contributed by atoms with Crippen molar-refractivity contribution in [1.29, 1.82) is 0 Å². The van der Waals surface area contributed by atoms with E-state index in [4.69, 9.17) is 37.4 Å². The Morgan fingerprint density at radius 1 is 1.14 bits per heavy atom. The molecule has 1 N–H and O–H groups in total. The minimum atomic E-state index is -0.861. The summed E-state index contributed by atoms with van der Waals surface area (Å²) in [5.41, 5.74) is 0.805. The molecule has 0 radical (unpaired) electrons. The van der Waals surface area contributed by atoms with E-state index in [1.54, 1.807) is 12.1 Å². The van der Waals surface area contributed by atoms with Crippen LogP contribution in [0.3, 0.4) is 0 Å². The molecule has 29 heavy (non-hydrogen) atoms. The second-order valence-electron chi connectivity index (χ2n) is 7.28. The summed E-state index contributed by atoms with van der Waals surface area (Å²) in [6.07, 6.45) is 3.43. The Morgan fingerprint density at radius 3 is 2.55 bits per heavy atom. The third-order valence-corrected chi connectivity index (χ3v) is 6.02. The maximum atomic E-state index is 13.0. The fraction of sp³-hybridized carbons (Fsp3) is 0.524. The lowest BCUT2D eigenvalue weighted by molar-refractivity contribution is -0.116. The molecular weight excluding hydrogens is 417 g/mol. The first-order valence-corrected chi connectivity index (χ1v) is 10.6. The van der Waals surface area contributed by atoms with E-state index in [2.05, 4.69) is 5.32 Å². The molecule has 8 heteroatoms. The molecular formula is C21H25Cl2NO5. The molecule has 0 bridgehead atoms. The van der Waals surface area contributed by atoms with Crippen molar-refractivity contribution in [2.45, 2.75) is 51.5 Å². The third-order valence-electron chi connectivity index (χ3n) is 5.30. The van der Waals surface area contributed by atoms with Crippen molar-refractivity contribution < 1.29 is 23.8 Å². The molecule has 1 aliphatic heterocycles. The van der Waals surface area contributed by atoms with Crippen LogP contribution in [-0.2, 0) is 19.0 Å². The van der Waals surface area contributed by atoms with Gasteiger partial charge in [-0.1, -0.05) is 42.5 Å². The predicted octanol–water partition coefficient (Wildman–Crippen LogP) is 5.04. The largest absolute Gasteiger partial charge is 0.513 e. The second-order valence-corrected chi connectivity index (χ2v) is 8.09. The fourth-order valence-corrected chi connectivity index (χ4v) is 4.35. The number of carbonyl (C=O) groups excluding carboxylic acids is 2. The summed E-state index contributed by atoms with van der Waals surface area (Å²) in [6, 6.07) is 3.34. The van der Waals surface area contributed by atoms with E-state index in [0.717, 1.165) is 24.8 Å². The van der Waals surface area contributed by atoms with Crippen LogP contribution in [0.1, 0.15) is 50.2 Å². The first-order valence-electron chi connectivity index (χ1n) is 9.83. The van der Waals surface area contributed by atoms with Gasteiger partial charge >= 0.3 is 6.16 Å². The molecule has 0 aromatic heterocycles. The second kappa shape index (κ2) is 9.37. The van der Waals surface area contributed by atoms with E-state index in [1.165, 1.54) is 0 Å². The van der Waals surface area contributed by atoms with E-state index in [9.17, 15) is 9.59 Å². The zero-order valence-corrected chi connectivity index (χ0v) is 18.1. The first-order chi connectivity index (χ1) is 13.9. The number of aryl methyl sites for hydroxylation is 1. The van der Waals surface area contributed by atoms with Gasteiger partial charge < -0.3 is 19.5 Å². The van der Waals surface area contributed by atoms with Crippen molar-refractivity contribution in [1.82, 2.24) is 5.32 Å². The molecule has 1 fully saturated rings. The SMILES string of the molecule is CCOCCOC(=O)OC1=C(c2cc(C)c(Cl)cc2Cl)C(=O)NC12CCCCC2. The average Bonchev–Trinajstić information content (AvgIpc) is 2.93. The number of hydrogen-bond acceptors (Lipinski definition) is 5. The fourth-order valence-electron chi connectivity index (χ4n) is 3.87. The lowest BCUT2D eigenvalue weighted by Gasteiger charge is -2.34. The van der Waals surface area contributed by atoms with Crippen molar-refractivity contribution in [3.05, 3.63) is 39.1 Å². The highest BCUT2D eigenvalue weighted by atomic mass is 35.5. The number of nitrogens with one attached hydrogen (secondary N) is 1. The summed E-state index contributed by atoms with van der Waals surface area (Å²) in [5, 5.41) is 3.88. The van der Waals surface area contributed by atoms with Crippen molar-refractivity contribution in [3.63, 3.8) is 0 Å². The van der Waals surface area contributed by atoms with Crippen molar-refractivity contribution in [2.75, 3.05) is 19.8 Å². The van der Waals surface area contributed by atoms with Crippen LogP contribution in [0.2, 0.25) is 10.0 Å². The van der Waals surface area contributed by atoms with Gasteiger partial charge in [0.15, 0.2) is 5.76 Å². The quantitative estimate of drug-likeness (QED) is 0.494. The number of carbonyl (C=O) groups is 2. The number of rotatable bonds is 6. The molecule has 1 heterocycles. The van der Waals surface area contributed by atoms with E-state index in [0.29, 0.717) is 35.1 Å². The van der Waals surface area contributed by atoms with Gasteiger partial charge in [0.2, 0.25) is 0 Å². The number of ether oxygens (including phenoxy) is 3. The smallest absolute Gasteiger partial charge is 0.432 e. The molecule has 0 unspecified atom stereocenters. The molecule has 158 valence electrons. The number of halogens is 2. The van der Waals surface area contributed by atoms with Crippen LogP contribution in [0.4, 0.5) is 4.79 Å². The molecule has 6 nitrogen and oxygen atoms in total. The molecule has 1 amide bonds. The zero-order valence-electron chi connectivity index (χ0n) is 16.6. The Labute approximate surface area is 180 Å². The minimum absolute atomic E-state index is 0.0739. The Morgan fingerprint density at radius 2 is 1.86 bits per heavy atom. The maximum Gasteiger partial charge on any atom is 0.513 e. The topological polar surface area (TPSA) is 73.9 Å². The molecule has 0 saturated heterocycles. The molecule has 1 aromatic carbocycles. The van der Waals surface area contributed by atoms with Gasteiger partial charge in [0.25, 0.3) is 5.91 Å². The summed E-state index contributed by atoms with van der Waals surface area (Å²) in [7, 11) is 0. The van der Waals surface area contributed by atoms with Crippen molar-refractivity contribution >= 4 is 40.8 Å². The summed E-state index contributed by atoms with van der Waals surface area (Å²) < 4.78 is 15.9. The van der Waals surface area contributed by atoms with Gasteiger partial charge in [0, 0.05) is 17.2 Å². The van der Waals surface area contributed by atoms with Gasteiger partial charge in [-0.2, -0.15) is 0 Å². The summed E-state index contributed by atoms with van der Waals surface area (Å²) in [5.74, 6) is -0.0279. The number of hydrogen-bond donors (Lipinski definition) is 1. The normalized spacial score (nSPS) is 18.1. The van der Waals surface area contributed by atoms with E-state index in [-0.39, 0.29) is 30.5 Å². The molecule has 2 aliphatic rings. The molecule has 1 aromatic rings. The van der Waals surface area contributed by atoms with Crippen molar-refractivity contribution in [3.8, 4) is 0 Å². The Balaban J connectivity index is 1.98. The lowest BCUT2D eigenvalue weighted by Crippen LogP contribution is -2.46. The highest BCUT2D eigenvalue weighted by Gasteiger charge is 2.49. The van der Waals surface area contributed by atoms with E-state index >= 15 is 0 Å². The van der Waals surface area contributed by atoms with Crippen LogP contribution in [-0.4, -0.2) is 37.4 Å². The molecule has 3 rings (SSSR count). The maximum absolute atomic E-state index is 13.0. The Kier molecular flexibility index (Phi) is 7.09. The molecule has 1 aliphatic carbocycles. The minimum Gasteiger partial charge on any atom is -0.432 e. The van der Waals surface area contributed by atoms with Crippen LogP contribution in [0.15, 0.2) is 17.9 Å². The molecule has 1 saturated carbocycles. The molecule has 1 spiro atoms. The summed E-state index contributed by atoms with van der Waals surface area (Å²) in [6.45, 7) is 4.57. The number of benzene rings is 1. The zero-order chi connectivity index (χ0) is 21.0. The highest BCUT2D eigenvalue weighted by molar-refractivity contribution is 6.38. The van der Waals surface area contributed by atoms with Gasteiger partial charge in [0.1, 0.15) is 6.61 Å². The Bertz CT molecular complexity index is 831. The van der Waals surface area contributed by atoms with Crippen LogP contribution < -0.4 is 5.32 Å². The third kappa shape index (κ3) is 4.71. The number of amides is 1. The van der Waals surface area contributed by atoms with Crippen LogP contribution >= 0.6 is 23.2 Å². The summed E-state index contributed by atoms with van der Waals surface area (Å²) in [4.78, 5) is 25.3. The Hall–Kier alpha value is -1.76.